The minimum absolute atomic E-state index is 0.0712. The van der Waals surface area contributed by atoms with E-state index in [-0.39, 0.29) is 6.04 Å². The van der Waals surface area contributed by atoms with Crippen molar-refractivity contribution in [2.45, 2.75) is 26.3 Å². The highest BCUT2D eigenvalue weighted by Gasteiger charge is 2.29. The third-order valence-corrected chi connectivity index (χ3v) is 3.88. The van der Waals surface area contributed by atoms with Crippen LogP contribution in [0.2, 0.25) is 0 Å². The number of nitrogens with zero attached hydrogens (tertiary/aromatic N) is 1. The molecule has 1 heterocycles. The SMILES string of the molecule is CCCNS(=O)(=O)N1CCOCC1C. The summed E-state index contributed by atoms with van der Waals surface area (Å²) in [6, 6.07) is -0.0712. The minimum atomic E-state index is -3.29. The molecular formula is C8H18N2O3S. The van der Waals surface area contributed by atoms with Crippen molar-refractivity contribution in [3.05, 3.63) is 0 Å². The highest BCUT2D eigenvalue weighted by molar-refractivity contribution is 7.87. The summed E-state index contributed by atoms with van der Waals surface area (Å²) in [6.07, 6.45) is 0.804. The van der Waals surface area contributed by atoms with Gasteiger partial charge in [0.2, 0.25) is 0 Å². The quantitative estimate of drug-likeness (QED) is 0.725. The third kappa shape index (κ3) is 2.91. The Morgan fingerprint density at radius 3 is 2.86 bits per heavy atom. The molecule has 6 heteroatoms. The van der Waals surface area contributed by atoms with Gasteiger partial charge in [-0.3, -0.25) is 0 Å². The van der Waals surface area contributed by atoms with Crippen LogP contribution in [0.3, 0.4) is 0 Å². The van der Waals surface area contributed by atoms with Crippen LogP contribution >= 0.6 is 0 Å². The van der Waals surface area contributed by atoms with Crippen LogP contribution in [0.5, 0.6) is 0 Å². The number of rotatable bonds is 4. The first-order chi connectivity index (χ1) is 6.58. The maximum atomic E-state index is 11.7. The van der Waals surface area contributed by atoms with Crippen LogP contribution in [0.25, 0.3) is 0 Å². The molecule has 1 atom stereocenters. The van der Waals surface area contributed by atoms with Gasteiger partial charge in [0.15, 0.2) is 0 Å². The van der Waals surface area contributed by atoms with Gasteiger partial charge in [0.1, 0.15) is 0 Å². The Morgan fingerprint density at radius 2 is 2.29 bits per heavy atom. The second-order valence-electron chi connectivity index (χ2n) is 3.43. The van der Waals surface area contributed by atoms with E-state index in [1.54, 1.807) is 0 Å². The predicted octanol–water partition coefficient (Wildman–Crippen LogP) is -0.0485. The zero-order valence-corrected chi connectivity index (χ0v) is 9.51. The summed E-state index contributed by atoms with van der Waals surface area (Å²) in [4.78, 5) is 0. The Morgan fingerprint density at radius 1 is 1.57 bits per heavy atom. The van der Waals surface area contributed by atoms with Gasteiger partial charge in [-0.2, -0.15) is 12.7 Å². The monoisotopic (exact) mass is 222 g/mol. The summed E-state index contributed by atoms with van der Waals surface area (Å²) in [5.74, 6) is 0. The van der Waals surface area contributed by atoms with E-state index in [1.807, 2.05) is 13.8 Å². The van der Waals surface area contributed by atoms with Crippen molar-refractivity contribution in [1.82, 2.24) is 9.03 Å². The fraction of sp³-hybridized carbons (Fsp3) is 1.00. The van der Waals surface area contributed by atoms with Crippen molar-refractivity contribution in [1.29, 1.82) is 0 Å². The standard InChI is InChI=1S/C8H18N2O3S/c1-3-4-9-14(11,12)10-5-6-13-7-8(10)2/h8-9H,3-7H2,1-2H3. The van der Waals surface area contributed by atoms with Gasteiger partial charge in [0.05, 0.1) is 13.2 Å². The smallest absolute Gasteiger partial charge is 0.279 e. The van der Waals surface area contributed by atoms with E-state index in [4.69, 9.17) is 4.74 Å². The van der Waals surface area contributed by atoms with Crippen LogP contribution in [0.4, 0.5) is 0 Å². The second kappa shape index (κ2) is 5.06. The number of ether oxygens (including phenoxy) is 1. The van der Waals surface area contributed by atoms with Gasteiger partial charge in [-0.15, -0.1) is 0 Å². The van der Waals surface area contributed by atoms with Crippen LogP contribution in [0.15, 0.2) is 0 Å². The molecule has 1 aliphatic rings. The Bertz CT molecular complexity index is 266. The maximum absolute atomic E-state index is 11.7. The Labute approximate surface area is 85.6 Å². The Kier molecular flexibility index (Phi) is 4.31. The lowest BCUT2D eigenvalue weighted by molar-refractivity contribution is 0.0387. The number of nitrogens with one attached hydrogen (secondary N) is 1. The molecule has 1 aliphatic heterocycles. The Hall–Kier alpha value is -0.170. The largest absolute Gasteiger partial charge is 0.378 e. The molecular weight excluding hydrogens is 204 g/mol. The third-order valence-electron chi connectivity index (χ3n) is 2.15. The fourth-order valence-corrected chi connectivity index (χ4v) is 2.86. The number of hydrogen-bond donors (Lipinski definition) is 1. The van der Waals surface area contributed by atoms with E-state index in [2.05, 4.69) is 4.72 Å². The molecule has 0 aliphatic carbocycles. The molecule has 0 aromatic heterocycles. The molecule has 84 valence electrons. The van der Waals surface area contributed by atoms with Crippen LogP contribution in [0.1, 0.15) is 20.3 Å². The first-order valence-corrected chi connectivity index (χ1v) is 6.36. The zero-order chi connectivity index (χ0) is 10.6. The summed E-state index contributed by atoms with van der Waals surface area (Å²) < 4.78 is 32.6. The molecule has 0 bridgehead atoms. The summed E-state index contributed by atoms with van der Waals surface area (Å²) >= 11 is 0. The van der Waals surface area contributed by atoms with E-state index >= 15 is 0 Å². The number of morpholine rings is 1. The topological polar surface area (TPSA) is 58.6 Å². The van der Waals surface area contributed by atoms with Crippen molar-refractivity contribution in [3.8, 4) is 0 Å². The lowest BCUT2D eigenvalue weighted by Crippen LogP contribution is -2.51. The molecule has 1 unspecified atom stereocenters. The molecule has 5 nitrogen and oxygen atoms in total. The molecule has 0 aromatic rings. The lowest BCUT2D eigenvalue weighted by Gasteiger charge is -2.32. The van der Waals surface area contributed by atoms with E-state index in [0.29, 0.717) is 26.3 Å². The average molecular weight is 222 g/mol. The molecule has 0 spiro atoms. The van der Waals surface area contributed by atoms with Crippen LogP contribution in [-0.2, 0) is 14.9 Å². The molecule has 1 fully saturated rings. The maximum Gasteiger partial charge on any atom is 0.279 e. The molecule has 1 saturated heterocycles. The predicted molar refractivity (Wildman–Crippen MR) is 54.2 cm³/mol. The minimum Gasteiger partial charge on any atom is -0.378 e. The molecule has 1 N–H and O–H groups in total. The Balaban J connectivity index is 2.60. The van der Waals surface area contributed by atoms with Gasteiger partial charge < -0.3 is 4.74 Å². The second-order valence-corrected chi connectivity index (χ2v) is 5.14. The van der Waals surface area contributed by atoms with Gasteiger partial charge in [0, 0.05) is 19.1 Å². The van der Waals surface area contributed by atoms with Gasteiger partial charge in [-0.05, 0) is 13.3 Å². The van der Waals surface area contributed by atoms with Crippen LogP contribution in [-0.4, -0.2) is 45.1 Å². The molecule has 0 amide bonds. The van der Waals surface area contributed by atoms with E-state index in [1.165, 1.54) is 4.31 Å². The highest BCUT2D eigenvalue weighted by atomic mass is 32.2. The molecule has 1 rings (SSSR count). The van der Waals surface area contributed by atoms with Gasteiger partial charge in [0.25, 0.3) is 10.2 Å². The number of hydrogen-bond acceptors (Lipinski definition) is 3. The molecule has 0 aromatic carbocycles. The van der Waals surface area contributed by atoms with Crippen molar-refractivity contribution >= 4 is 10.2 Å². The van der Waals surface area contributed by atoms with E-state index in [0.717, 1.165) is 6.42 Å². The van der Waals surface area contributed by atoms with Gasteiger partial charge >= 0.3 is 0 Å². The summed E-state index contributed by atoms with van der Waals surface area (Å²) in [7, 11) is -3.29. The fourth-order valence-electron chi connectivity index (χ4n) is 1.38. The van der Waals surface area contributed by atoms with E-state index < -0.39 is 10.2 Å². The molecule has 14 heavy (non-hydrogen) atoms. The van der Waals surface area contributed by atoms with Crippen molar-refractivity contribution < 1.29 is 13.2 Å². The summed E-state index contributed by atoms with van der Waals surface area (Å²) in [5.41, 5.74) is 0. The van der Waals surface area contributed by atoms with Crippen molar-refractivity contribution in [2.75, 3.05) is 26.3 Å². The highest BCUT2D eigenvalue weighted by Crippen LogP contribution is 2.10. The normalized spacial score (nSPS) is 25.1. The summed E-state index contributed by atoms with van der Waals surface area (Å²) in [5, 5.41) is 0. The molecule has 0 saturated carbocycles. The van der Waals surface area contributed by atoms with Crippen molar-refractivity contribution in [2.24, 2.45) is 0 Å². The molecule has 0 radical (unpaired) electrons. The zero-order valence-electron chi connectivity index (χ0n) is 8.69. The summed E-state index contributed by atoms with van der Waals surface area (Å²) in [6.45, 7) is 5.69. The first-order valence-electron chi connectivity index (χ1n) is 4.92. The van der Waals surface area contributed by atoms with Crippen molar-refractivity contribution in [3.63, 3.8) is 0 Å². The van der Waals surface area contributed by atoms with Gasteiger partial charge in [-0.1, -0.05) is 6.92 Å². The average Bonchev–Trinajstić information content (AvgIpc) is 2.15. The van der Waals surface area contributed by atoms with Crippen LogP contribution in [0, 0.1) is 0 Å². The van der Waals surface area contributed by atoms with E-state index in [9.17, 15) is 8.42 Å². The lowest BCUT2D eigenvalue weighted by atomic mass is 10.3. The van der Waals surface area contributed by atoms with Crippen LogP contribution < -0.4 is 4.72 Å². The van der Waals surface area contributed by atoms with Gasteiger partial charge in [-0.25, -0.2) is 4.72 Å². The first kappa shape index (κ1) is 11.9.